The zero-order valence-corrected chi connectivity index (χ0v) is 14.0. The van der Waals surface area contributed by atoms with Crippen molar-refractivity contribution in [3.8, 4) is 0 Å². The lowest BCUT2D eigenvalue weighted by Gasteiger charge is -2.37. The number of allylic oxidation sites excluding steroid dienone is 3. The maximum Gasteiger partial charge on any atom is 0.156 e. The Morgan fingerprint density at radius 1 is 1.30 bits per heavy atom. The van der Waals surface area contributed by atoms with E-state index in [2.05, 4.69) is 31.2 Å². The number of fused-ring (bicyclic) bond motifs is 1. The Bertz CT molecular complexity index is 533. The van der Waals surface area contributed by atoms with Crippen molar-refractivity contribution in [2.45, 2.75) is 32.3 Å². The summed E-state index contributed by atoms with van der Waals surface area (Å²) in [7, 11) is 1.65. The predicted molar refractivity (Wildman–Crippen MR) is 87.9 cm³/mol. The van der Waals surface area contributed by atoms with Gasteiger partial charge in [-0.25, -0.2) is 0 Å². The molecule has 0 radical (unpaired) electrons. The fraction of sp³-hybridized carbons (Fsp3) is 0.632. The second kappa shape index (κ2) is 7.12. The Hall–Kier alpha value is -1.23. The largest absolute Gasteiger partial charge is 0.382 e. The van der Waals surface area contributed by atoms with E-state index in [1.807, 2.05) is 6.08 Å². The van der Waals surface area contributed by atoms with Crippen LogP contribution < -0.4 is 0 Å². The molecule has 126 valence electrons. The van der Waals surface area contributed by atoms with E-state index in [1.165, 1.54) is 5.57 Å². The zero-order valence-electron chi connectivity index (χ0n) is 14.0. The number of rotatable bonds is 6. The molecule has 1 fully saturated rings. The van der Waals surface area contributed by atoms with Crippen molar-refractivity contribution in [2.75, 3.05) is 27.1 Å². The lowest BCUT2D eigenvalue weighted by molar-refractivity contribution is -0.136. The molecule has 1 spiro atoms. The number of carbonyl (C=O) groups is 1. The molecule has 0 aromatic heterocycles. The molecule has 0 N–H and O–H groups in total. The number of ether oxygens (including phenoxy) is 3. The Kier molecular flexibility index (Phi) is 5.14. The number of hydrogen-bond donors (Lipinski definition) is 0. The van der Waals surface area contributed by atoms with Gasteiger partial charge in [0.25, 0.3) is 0 Å². The molecule has 0 aliphatic heterocycles. The molecule has 0 unspecified atom stereocenters. The Balaban J connectivity index is 1.82. The summed E-state index contributed by atoms with van der Waals surface area (Å²) < 4.78 is 16.7. The number of methoxy groups -OCH3 is 1. The summed E-state index contributed by atoms with van der Waals surface area (Å²) in [6.45, 7) is 3.58. The van der Waals surface area contributed by atoms with Gasteiger partial charge in [0.2, 0.25) is 0 Å². The third-order valence-electron chi connectivity index (χ3n) is 5.17. The fourth-order valence-corrected chi connectivity index (χ4v) is 4.21. The van der Waals surface area contributed by atoms with Crippen molar-refractivity contribution in [1.29, 1.82) is 0 Å². The quantitative estimate of drug-likeness (QED) is 0.558. The highest BCUT2D eigenvalue weighted by Gasteiger charge is 2.51. The van der Waals surface area contributed by atoms with E-state index in [9.17, 15) is 4.79 Å². The Labute approximate surface area is 138 Å². The van der Waals surface area contributed by atoms with Crippen LogP contribution in [0.25, 0.3) is 0 Å². The Morgan fingerprint density at radius 3 is 3.00 bits per heavy atom. The molecular formula is C19H26O4. The van der Waals surface area contributed by atoms with Gasteiger partial charge in [-0.3, -0.25) is 4.79 Å². The molecule has 2 bridgehead atoms. The first-order valence-corrected chi connectivity index (χ1v) is 8.44. The minimum absolute atomic E-state index is 0.0392. The minimum atomic E-state index is -0.291. The van der Waals surface area contributed by atoms with Gasteiger partial charge < -0.3 is 14.2 Å². The van der Waals surface area contributed by atoms with E-state index in [-0.39, 0.29) is 24.1 Å². The van der Waals surface area contributed by atoms with Crippen LogP contribution in [0.1, 0.15) is 26.2 Å². The van der Waals surface area contributed by atoms with Gasteiger partial charge in [-0.2, -0.15) is 0 Å². The van der Waals surface area contributed by atoms with Gasteiger partial charge in [-0.05, 0) is 24.8 Å². The van der Waals surface area contributed by atoms with Crippen molar-refractivity contribution < 1.29 is 19.0 Å². The van der Waals surface area contributed by atoms with E-state index < -0.39 is 0 Å². The van der Waals surface area contributed by atoms with Crippen LogP contribution in [0.2, 0.25) is 0 Å². The standard InChI is InChI=1S/C19H26O4/c1-14-9-15-5-3-4-6-19(12-17(20)11-16(19)10-14)18(15)23-13-22-8-7-21-2/h3-6,11,14-15,18H,7-10,12-13H2,1-2H3/t14-,15-,18-,19-/m0/s1. The maximum atomic E-state index is 12.2. The van der Waals surface area contributed by atoms with E-state index in [0.717, 1.165) is 12.8 Å². The van der Waals surface area contributed by atoms with Gasteiger partial charge >= 0.3 is 0 Å². The molecule has 0 heterocycles. The molecule has 3 aliphatic rings. The SMILES string of the molecule is COCCOCO[C@H]1[C@H]2C=CC=C[C@@]13CC(=O)C=C3C[C@@H](C)C2. The van der Waals surface area contributed by atoms with E-state index in [1.54, 1.807) is 7.11 Å². The monoisotopic (exact) mass is 318 g/mol. The predicted octanol–water partition coefficient (Wildman–Crippen LogP) is 3.05. The molecule has 0 saturated heterocycles. The molecule has 0 aromatic carbocycles. The van der Waals surface area contributed by atoms with Crippen LogP contribution in [0, 0.1) is 17.3 Å². The molecule has 4 atom stereocenters. The zero-order chi connectivity index (χ0) is 16.3. The topological polar surface area (TPSA) is 44.8 Å². The third-order valence-corrected chi connectivity index (χ3v) is 5.17. The van der Waals surface area contributed by atoms with Crippen LogP contribution in [0.3, 0.4) is 0 Å². The molecule has 3 rings (SSSR count). The average molecular weight is 318 g/mol. The van der Waals surface area contributed by atoms with Gasteiger partial charge in [-0.15, -0.1) is 0 Å². The second-order valence-electron chi connectivity index (χ2n) is 6.91. The fourth-order valence-electron chi connectivity index (χ4n) is 4.21. The molecule has 3 aliphatic carbocycles. The van der Waals surface area contributed by atoms with Crippen LogP contribution >= 0.6 is 0 Å². The smallest absolute Gasteiger partial charge is 0.156 e. The first-order valence-electron chi connectivity index (χ1n) is 8.44. The van der Waals surface area contributed by atoms with Crippen molar-refractivity contribution in [1.82, 2.24) is 0 Å². The van der Waals surface area contributed by atoms with Crippen molar-refractivity contribution in [3.05, 3.63) is 36.0 Å². The number of carbonyl (C=O) groups excluding carboxylic acids is 1. The molecule has 4 heteroatoms. The van der Waals surface area contributed by atoms with E-state index >= 15 is 0 Å². The normalized spacial score (nSPS) is 35.7. The number of hydrogen-bond acceptors (Lipinski definition) is 4. The van der Waals surface area contributed by atoms with Crippen LogP contribution in [-0.2, 0) is 19.0 Å². The highest BCUT2D eigenvalue weighted by Crippen LogP contribution is 2.52. The van der Waals surface area contributed by atoms with Crippen molar-refractivity contribution in [3.63, 3.8) is 0 Å². The molecule has 4 nitrogen and oxygen atoms in total. The highest BCUT2D eigenvalue weighted by atomic mass is 16.7. The lowest BCUT2D eigenvalue weighted by Crippen LogP contribution is -2.40. The van der Waals surface area contributed by atoms with Gasteiger partial charge in [-0.1, -0.05) is 36.8 Å². The first kappa shape index (κ1) is 16.6. The van der Waals surface area contributed by atoms with Crippen LogP contribution in [0.4, 0.5) is 0 Å². The van der Waals surface area contributed by atoms with E-state index in [0.29, 0.717) is 31.5 Å². The molecular weight excluding hydrogens is 292 g/mol. The highest BCUT2D eigenvalue weighted by molar-refractivity contribution is 5.95. The van der Waals surface area contributed by atoms with Crippen LogP contribution in [0.15, 0.2) is 36.0 Å². The van der Waals surface area contributed by atoms with Gasteiger partial charge in [0.1, 0.15) is 6.79 Å². The lowest BCUT2D eigenvalue weighted by atomic mass is 9.72. The summed E-state index contributed by atoms with van der Waals surface area (Å²) in [6, 6.07) is 0. The third kappa shape index (κ3) is 3.35. The van der Waals surface area contributed by atoms with E-state index in [4.69, 9.17) is 14.2 Å². The van der Waals surface area contributed by atoms with Crippen LogP contribution in [-0.4, -0.2) is 39.0 Å². The molecule has 0 amide bonds. The first-order chi connectivity index (χ1) is 11.2. The molecule has 0 aromatic rings. The molecule has 1 saturated carbocycles. The van der Waals surface area contributed by atoms with Crippen molar-refractivity contribution in [2.24, 2.45) is 17.3 Å². The number of ketones is 1. The van der Waals surface area contributed by atoms with Crippen molar-refractivity contribution >= 4 is 5.78 Å². The summed E-state index contributed by atoms with van der Waals surface area (Å²) >= 11 is 0. The minimum Gasteiger partial charge on any atom is -0.382 e. The van der Waals surface area contributed by atoms with Gasteiger partial charge in [0.05, 0.1) is 19.3 Å². The summed E-state index contributed by atoms with van der Waals surface area (Å²) in [4.78, 5) is 12.2. The Morgan fingerprint density at radius 2 is 2.17 bits per heavy atom. The summed E-state index contributed by atoms with van der Waals surface area (Å²) in [5, 5.41) is 0. The summed E-state index contributed by atoms with van der Waals surface area (Å²) in [5.74, 6) is 1.08. The van der Waals surface area contributed by atoms with Crippen LogP contribution in [0.5, 0.6) is 0 Å². The van der Waals surface area contributed by atoms with Gasteiger partial charge in [0.15, 0.2) is 5.78 Å². The summed E-state index contributed by atoms with van der Waals surface area (Å²) in [6.07, 6.45) is 13.0. The maximum absolute atomic E-state index is 12.2. The average Bonchev–Trinajstić information content (AvgIpc) is 2.66. The summed E-state index contributed by atoms with van der Waals surface area (Å²) in [5.41, 5.74) is 0.944. The van der Waals surface area contributed by atoms with Gasteiger partial charge in [0, 0.05) is 24.9 Å². The second-order valence-corrected chi connectivity index (χ2v) is 6.91. The molecule has 23 heavy (non-hydrogen) atoms.